The van der Waals surface area contributed by atoms with Gasteiger partial charge in [0, 0.05) is 40.3 Å². The first-order valence-electron chi connectivity index (χ1n) is 11.8. The summed E-state index contributed by atoms with van der Waals surface area (Å²) in [6.07, 6.45) is -3.69. The van der Waals surface area contributed by atoms with Crippen LogP contribution in [-0.2, 0) is 15.6 Å². The molecule has 5 aromatic rings. The summed E-state index contributed by atoms with van der Waals surface area (Å²) in [7, 11) is -4.32. The molecule has 0 spiro atoms. The quantitative estimate of drug-likeness (QED) is 0.153. The van der Waals surface area contributed by atoms with E-state index in [0.717, 1.165) is 28.5 Å². The van der Waals surface area contributed by atoms with Crippen molar-refractivity contribution < 1.29 is 31.1 Å². The summed E-state index contributed by atoms with van der Waals surface area (Å²) in [5, 5.41) is 22.1. The number of aromatic nitrogens is 1. The lowest BCUT2D eigenvalue weighted by Gasteiger charge is -2.31. The SMILES string of the molecule is N=Cc1cc(C(O)(c2cn(S(=O)(=O)c3ccccc3)c3ccccc23)C(F)(F)F)ccc1Nc1ccc(F)cc1. The fourth-order valence-corrected chi connectivity index (χ4v) is 5.92. The number of halogens is 4. The average Bonchev–Trinajstić information content (AvgIpc) is 3.35. The molecule has 40 heavy (non-hydrogen) atoms. The third-order valence-corrected chi connectivity index (χ3v) is 8.21. The zero-order valence-electron chi connectivity index (χ0n) is 20.5. The van der Waals surface area contributed by atoms with Gasteiger partial charge in [0.2, 0.25) is 5.60 Å². The number of para-hydroxylation sites is 1. The fourth-order valence-electron chi connectivity index (χ4n) is 4.52. The van der Waals surface area contributed by atoms with Crippen molar-refractivity contribution in [2.24, 2.45) is 0 Å². The molecule has 0 saturated heterocycles. The maximum absolute atomic E-state index is 14.8. The van der Waals surface area contributed by atoms with E-state index in [9.17, 15) is 31.1 Å². The number of hydrogen-bond acceptors (Lipinski definition) is 5. The molecule has 0 radical (unpaired) electrons. The minimum absolute atomic E-state index is 0.00476. The highest BCUT2D eigenvalue weighted by Crippen LogP contribution is 2.48. The zero-order chi connectivity index (χ0) is 28.7. The van der Waals surface area contributed by atoms with Crippen LogP contribution in [0.2, 0.25) is 0 Å². The van der Waals surface area contributed by atoms with Gasteiger partial charge in [0.15, 0.2) is 0 Å². The molecule has 0 aliphatic rings. The second kappa shape index (κ2) is 9.92. The van der Waals surface area contributed by atoms with Gasteiger partial charge in [0.25, 0.3) is 10.0 Å². The Balaban J connectivity index is 1.70. The lowest BCUT2D eigenvalue weighted by molar-refractivity contribution is -0.247. The Morgan fingerprint density at radius 2 is 1.52 bits per heavy atom. The van der Waals surface area contributed by atoms with E-state index in [1.165, 1.54) is 78.9 Å². The summed E-state index contributed by atoms with van der Waals surface area (Å²) in [5.74, 6) is -0.475. The van der Waals surface area contributed by atoms with Crippen molar-refractivity contribution in [3.05, 3.63) is 126 Å². The maximum Gasteiger partial charge on any atom is 0.425 e. The first-order chi connectivity index (χ1) is 19.0. The highest BCUT2D eigenvalue weighted by molar-refractivity contribution is 7.90. The van der Waals surface area contributed by atoms with Gasteiger partial charge in [0.1, 0.15) is 5.82 Å². The van der Waals surface area contributed by atoms with E-state index in [-0.39, 0.29) is 27.0 Å². The number of benzene rings is 4. The number of aliphatic hydroxyl groups is 1. The Kier molecular flexibility index (Phi) is 6.72. The van der Waals surface area contributed by atoms with Gasteiger partial charge in [-0.2, -0.15) is 13.2 Å². The van der Waals surface area contributed by atoms with Gasteiger partial charge in [0.05, 0.1) is 10.4 Å². The molecule has 5 rings (SSSR count). The summed E-state index contributed by atoms with van der Waals surface area (Å²) in [4.78, 5) is -0.139. The molecule has 1 unspecified atom stereocenters. The first-order valence-corrected chi connectivity index (χ1v) is 13.3. The summed E-state index contributed by atoms with van der Waals surface area (Å²) in [6.45, 7) is 0. The first kappa shape index (κ1) is 27.1. The summed E-state index contributed by atoms with van der Waals surface area (Å²) in [6, 6.07) is 21.4. The van der Waals surface area contributed by atoms with Crippen molar-refractivity contribution in [2.75, 3.05) is 5.32 Å². The molecular formula is C29H21F4N3O3S. The molecule has 1 aromatic heterocycles. The largest absolute Gasteiger partial charge is 0.425 e. The van der Waals surface area contributed by atoms with Gasteiger partial charge in [-0.1, -0.05) is 42.5 Å². The smallest absolute Gasteiger partial charge is 0.372 e. The minimum atomic E-state index is -5.29. The predicted molar refractivity (Wildman–Crippen MR) is 144 cm³/mol. The second-order valence-electron chi connectivity index (χ2n) is 8.96. The third-order valence-electron chi connectivity index (χ3n) is 6.53. The molecule has 4 aromatic carbocycles. The van der Waals surface area contributed by atoms with Gasteiger partial charge in [-0.05, 0) is 60.2 Å². The molecule has 3 N–H and O–H groups in total. The van der Waals surface area contributed by atoms with E-state index in [0.29, 0.717) is 5.69 Å². The number of hydrogen-bond donors (Lipinski definition) is 3. The lowest BCUT2D eigenvalue weighted by atomic mass is 9.84. The zero-order valence-corrected chi connectivity index (χ0v) is 21.3. The molecule has 6 nitrogen and oxygen atoms in total. The van der Waals surface area contributed by atoms with E-state index < -0.39 is 38.7 Å². The topological polar surface area (TPSA) is 95.2 Å². The van der Waals surface area contributed by atoms with Crippen molar-refractivity contribution in [1.82, 2.24) is 3.97 Å². The van der Waals surface area contributed by atoms with Gasteiger partial charge in [-0.25, -0.2) is 16.8 Å². The molecule has 0 fully saturated rings. The number of rotatable bonds is 7. The number of fused-ring (bicyclic) bond motifs is 1. The monoisotopic (exact) mass is 567 g/mol. The Hall–Kier alpha value is -4.48. The van der Waals surface area contributed by atoms with Gasteiger partial charge in [-0.3, -0.25) is 0 Å². The Morgan fingerprint density at radius 1 is 0.875 bits per heavy atom. The number of anilines is 2. The highest BCUT2D eigenvalue weighted by Gasteiger charge is 2.58. The van der Waals surface area contributed by atoms with Crippen molar-refractivity contribution in [1.29, 1.82) is 5.41 Å². The van der Waals surface area contributed by atoms with Crippen molar-refractivity contribution >= 4 is 38.5 Å². The normalized spacial score (nSPS) is 13.6. The molecule has 0 bridgehead atoms. The average molecular weight is 568 g/mol. The number of nitrogens with zero attached hydrogens (tertiary/aromatic N) is 1. The number of nitrogens with one attached hydrogen (secondary N) is 2. The number of alkyl halides is 3. The van der Waals surface area contributed by atoms with Crippen molar-refractivity contribution in [2.45, 2.75) is 16.7 Å². The van der Waals surface area contributed by atoms with Crippen LogP contribution < -0.4 is 5.32 Å². The van der Waals surface area contributed by atoms with Crippen LogP contribution in [0.3, 0.4) is 0 Å². The predicted octanol–water partition coefficient (Wildman–Crippen LogP) is 6.56. The van der Waals surface area contributed by atoms with E-state index >= 15 is 0 Å². The summed E-state index contributed by atoms with van der Waals surface area (Å²) >= 11 is 0. The summed E-state index contributed by atoms with van der Waals surface area (Å²) < 4.78 is 85.4. The summed E-state index contributed by atoms with van der Waals surface area (Å²) in [5.41, 5.74) is -4.33. The van der Waals surface area contributed by atoms with Crippen molar-refractivity contribution in [3.8, 4) is 0 Å². The highest BCUT2D eigenvalue weighted by atomic mass is 32.2. The Morgan fingerprint density at radius 3 is 2.17 bits per heavy atom. The van der Waals surface area contributed by atoms with Crippen molar-refractivity contribution in [3.63, 3.8) is 0 Å². The Bertz CT molecular complexity index is 1820. The Labute approximate surface area is 226 Å². The van der Waals surface area contributed by atoms with Crippen LogP contribution in [0.25, 0.3) is 10.9 Å². The van der Waals surface area contributed by atoms with E-state index in [2.05, 4.69) is 5.32 Å². The molecule has 1 heterocycles. The van der Waals surface area contributed by atoms with Crippen LogP contribution in [0.4, 0.5) is 28.9 Å². The lowest BCUT2D eigenvalue weighted by Crippen LogP contribution is -2.43. The van der Waals surface area contributed by atoms with E-state index in [1.54, 1.807) is 6.07 Å². The molecular weight excluding hydrogens is 546 g/mol. The van der Waals surface area contributed by atoms with E-state index in [1.807, 2.05) is 0 Å². The van der Waals surface area contributed by atoms with Gasteiger partial charge >= 0.3 is 6.18 Å². The van der Waals surface area contributed by atoms with E-state index in [4.69, 9.17) is 5.41 Å². The van der Waals surface area contributed by atoms with Crippen LogP contribution in [0.5, 0.6) is 0 Å². The van der Waals surface area contributed by atoms with Crippen LogP contribution in [0.1, 0.15) is 16.7 Å². The van der Waals surface area contributed by atoms with Crippen LogP contribution in [0, 0.1) is 11.2 Å². The van der Waals surface area contributed by atoms with Gasteiger partial charge in [-0.15, -0.1) is 0 Å². The molecule has 0 amide bonds. The van der Waals surface area contributed by atoms with Crippen LogP contribution >= 0.6 is 0 Å². The maximum atomic E-state index is 14.8. The molecule has 11 heteroatoms. The molecule has 204 valence electrons. The second-order valence-corrected chi connectivity index (χ2v) is 10.8. The van der Waals surface area contributed by atoms with Crippen LogP contribution in [-0.4, -0.2) is 29.9 Å². The third kappa shape index (κ3) is 4.52. The minimum Gasteiger partial charge on any atom is -0.372 e. The molecule has 0 aliphatic carbocycles. The molecule has 0 aliphatic heterocycles. The fraction of sp³-hybridized carbons (Fsp3) is 0.0690. The van der Waals surface area contributed by atoms with Gasteiger partial charge < -0.3 is 15.8 Å². The molecule has 0 saturated carbocycles. The standard InChI is InChI=1S/C29H21F4N3O3S/c30-21-11-13-22(14-12-21)35-26-15-10-20(16-19(26)17-34)28(37,29(31,32)33)25-18-36(27-9-5-4-8-24(25)27)40(38,39)23-6-2-1-3-7-23/h1-18,34-35,37H. The van der Waals surface area contributed by atoms with Crippen LogP contribution in [0.15, 0.2) is 108 Å². The molecule has 1 atom stereocenters.